The summed E-state index contributed by atoms with van der Waals surface area (Å²) < 4.78 is 4.99. The molecule has 2 aromatic rings. The van der Waals surface area contributed by atoms with E-state index in [1.165, 1.54) is 31.2 Å². The van der Waals surface area contributed by atoms with Gasteiger partial charge in [0.15, 0.2) is 0 Å². The summed E-state index contributed by atoms with van der Waals surface area (Å²) in [7, 11) is 0. The van der Waals surface area contributed by atoms with Gasteiger partial charge in [-0.15, -0.1) is 0 Å². The van der Waals surface area contributed by atoms with Gasteiger partial charge < -0.3 is 4.74 Å². The molecule has 4 nitrogen and oxygen atoms in total. The second-order valence-electron chi connectivity index (χ2n) is 6.08. The SMILES string of the molecule is CCCCCCc1ccc(-c2[nH]ncc2CCC(=O)OCC)cc1. The van der Waals surface area contributed by atoms with Gasteiger partial charge in [-0.05, 0) is 42.9 Å². The summed E-state index contributed by atoms with van der Waals surface area (Å²) in [5.74, 6) is -0.160. The molecule has 0 radical (unpaired) electrons. The molecule has 0 saturated carbocycles. The van der Waals surface area contributed by atoms with Crippen LogP contribution in [-0.2, 0) is 22.4 Å². The van der Waals surface area contributed by atoms with E-state index < -0.39 is 0 Å². The van der Waals surface area contributed by atoms with E-state index in [9.17, 15) is 4.79 Å². The van der Waals surface area contributed by atoms with Gasteiger partial charge in [0.2, 0.25) is 0 Å². The Morgan fingerprint density at radius 2 is 1.88 bits per heavy atom. The number of unbranched alkanes of at least 4 members (excludes halogenated alkanes) is 3. The van der Waals surface area contributed by atoms with Gasteiger partial charge in [-0.2, -0.15) is 5.10 Å². The van der Waals surface area contributed by atoms with Crippen molar-refractivity contribution in [3.63, 3.8) is 0 Å². The first-order chi connectivity index (χ1) is 11.7. The highest BCUT2D eigenvalue weighted by molar-refractivity contribution is 5.70. The minimum Gasteiger partial charge on any atom is -0.466 e. The van der Waals surface area contributed by atoms with Gasteiger partial charge in [-0.3, -0.25) is 9.89 Å². The fourth-order valence-corrected chi connectivity index (χ4v) is 2.81. The second-order valence-corrected chi connectivity index (χ2v) is 6.08. The number of H-pyrrole nitrogens is 1. The van der Waals surface area contributed by atoms with Crippen LogP contribution >= 0.6 is 0 Å². The molecule has 0 atom stereocenters. The smallest absolute Gasteiger partial charge is 0.306 e. The van der Waals surface area contributed by atoms with Crippen LogP contribution in [0.25, 0.3) is 11.3 Å². The summed E-state index contributed by atoms with van der Waals surface area (Å²) >= 11 is 0. The molecule has 1 N–H and O–H groups in total. The van der Waals surface area contributed by atoms with E-state index in [-0.39, 0.29) is 5.97 Å². The third-order valence-electron chi connectivity index (χ3n) is 4.18. The van der Waals surface area contributed by atoms with E-state index in [0.717, 1.165) is 23.2 Å². The van der Waals surface area contributed by atoms with Crippen LogP contribution in [0.5, 0.6) is 0 Å². The molecule has 1 aromatic heterocycles. The average Bonchev–Trinajstić information content (AvgIpc) is 3.06. The fraction of sp³-hybridized carbons (Fsp3) is 0.500. The number of aryl methyl sites for hydroxylation is 2. The highest BCUT2D eigenvalue weighted by Gasteiger charge is 2.10. The summed E-state index contributed by atoms with van der Waals surface area (Å²) in [6, 6.07) is 8.65. The number of nitrogens with zero attached hydrogens (tertiary/aromatic N) is 1. The van der Waals surface area contributed by atoms with E-state index in [2.05, 4.69) is 41.4 Å². The van der Waals surface area contributed by atoms with Gasteiger partial charge in [0, 0.05) is 6.42 Å². The van der Waals surface area contributed by atoms with Gasteiger partial charge in [-0.1, -0.05) is 50.5 Å². The highest BCUT2D eigenvalue weighted by atomic mass is 16.5. The number of aromatic amines is 1. The summed E-state index contributed by atoms with van der Waals surface area (Å²) in [6.07, 6.45) is 9.10. The molecule has 0 amide bonds. The van der Waals surface area contributed by atoms with Crippen molar-refractivity contribution >= 4 is 5.97 Å². The number of benzene rings is 1. The van der Waals surface area contributed by atoms with Crippen molar-refractivity contribution in [2.24, 2.45) is 0 Å². The van der Waals surface area contributed by atoms with E-state index >= 15 is 0 Å². The number of aromatic nitrogens is 2. The van der Waals surface area contributed by atoms with Crippen molar-refractivity contribution < 1.29 is 9.53 Å². The molecule has 2 rings (SSSR count). The highest BCUT2D eigenvalue weighted by Crippen LogP contribution is 2.23. The van der Waals surface area contributed by atoms with Gasteiger partial charge in [0.05, 0.1) is 18.5 Å². The maximum Gasteiger partial charge on any atom is 0.306 e. The standard InChI is InChI=1S/C20H28N2O2/c1-3-5-6-7-8-16-9-11-17(12-10-16)20-18(15-21-22-20)13-14-19(23)24-4-2/h9-12,15H,3-8,13-14H2,1-2H3,(H,21,22). The molecule has 0 aliphatic carbocycles. The molecule has 130 valence electrons. The predicted octanol–water partition coefficient (Wildman–Crippen LogP) is 4.70. The van der Waals surface area contributed by atoms with Crippen molar-refractivity contribution in [2.75, 3.05) is 6.61 Å². The van der Waals surface area contributed by atoms with Crippen molar-refractivity contribution in [3.8, 4) is 11.3 Å². The monoisotopic (exact) mass is 328 g/mol. The van der Waals surface area contributed by atoms with Crippen LogP contribution in [0.4, 0.5) is 0 Å². The lowest BCUT2D eigenvalue weighted by molar-refractivity contribution is -0.143. The zero-order valence-electron chi connectivity index (χ0n) is 14.8. The van der Waals surface area contributed by atoms with E-state index in [1.807, 2.05) is 6.92 Å². The number of nitrogens with one attached hydrogen (secondary N) is 1. The Kier molecular flexibility index (Phi) is 7.53. The Morgan fingerprint density at radius 3 is 2.58 bits per heavy atom. The molecular formula is C20H28N2O2. The minimum absolute atomic E-state index is 0.160. The Balaban J connectivity index is 1.94. The quantitative estimate of drug-likeness (QED) is 0.508. The third-order valence-corrected chi connectivity index (χ3v) is 4.18. The number of carbonyl (C=O) groups is 1. The van der Waals surface area contributed by atoms with Crippen molar-refractivity contribution in [1.82, 2.24) is 10.2 Å². The van der Waals surface area contributed by atoms with Crippen molar-refractivity contribution in [3.05, 3.63) is 41.6 Å². The van der Waals surface area contributed by atoms with Crippen molar-refractivity contribution in [2.45, 2.75) is 58.8 Å². The van der Waals surface area contributed by atoms with Crippen LogP contribution in [0.3, 0.4) is 0 Å². The summed E-state index contributed by atoms with van der Waals surface area (Å²) in [6.45, 7) is 4.49. The normalized spacial score (nSPS) is 10.8. The number of carbonyl (C=O) groups excluding carboxylic acids is 1. The summed E-state index contributed by atoms with van der Waals surface area (Å²) in [5, 5.41) is 7.19. The molecular weight excluding hydrogens is 300 g/mol. The topological polar surface area (TPSA) is 55.0 Å². The van der Waals surface area contributed by atoms with Crippen LogP contribution in [-0.4, -0.2) is 22.8 Å². The summed E-state index contributed by atoms with van der Waals surface area (Å²) in [5.41, 5.74) is 4.54. The zero-order chi connectivity index (χ0) is 17.2. The molecule has 1 heterocycles. The van der Waals surface area contributed by atoms with Gasteiger partial charge in [0.1, 0.15) is 0 Å². The number of rotatable bonds is 10. The van der Waals surface area contributed by atoms with Crippen LogP contribution in [0.2, 0.25) is 0 Å². The van der Waals surface area contributed by atoms with E-state index in [1.54, 1.807) is 6.20 Å². The molecule has 24 heavy (non-hydrogen) atoms. The fourth-order valence-electron chi connectivity index (χ4n) is 2.81. The largest absolute Gasteiger partial charge is 0.466 e. The first kappa shape index (κ1) is 18.2. The third kappa shape index (κ3) is 5.52. The Labute approximate surface area is 144 Å². The lowest BCUT2D eigenvalue weighted by Crippen LogP contribution is -2.05. The predicted molar refractivity (Wildman–Crippen MR) is 96.8 cm³/mol. The Morgan fingerprint density at radius 1 is 1.08 bits per heavy atom. The van der Waals surface area contributed by atoms with Gasteiger partial charge >= 0.3 is 5.97 Å². The van der Waals surface area contributed by atoms with Gasteiger partial charge in [0.25, 0.3) is 0 Å². The number of esters is 1. The molecule has 0 bridgehead atoms. The first-order valence-electron chi connectivity index (χ1n) is 9.01. The second kappa shape index (κ2) is 9.91. The number of hydrogen-bond acceptors (Lipinski definition) is 3. The maximum atomic E-state index is 11.5. The molecule has 0 unspecified atom stereocenters. The van der Waals surface area contributed by atoms with E-state index in [4.69, 9.17) is 4.74 Å². The maximum absolute atomic E-state index is 11.5. The van der Waals surface area contributed by atoms with Crippen LogP contribution in [0, 0.1) is 0 Å². The summed E-state index contributed by atoms with van der Waals surface area (Å²) in [4.78, 5) is 11.5. The molecule has 0 spiro atoms. The minimum atomic E-state index is -0.160. The Bertz CT molecular complexity index is 617. The molecule has 0 saturated heterocycles. The molecule has 4 heteroatoms. The van der Waals surface area contributed by atoms with Crippen molar-refractivity contribution in [1.29, 1.82) is 0 Å². The molecule has 0 fully saturated rings. The molecule has 1 aromatic carbocycles. The lowest BCUT2D eigenvalue weighted by atomic mass is 10.0. The zero-order valence-corrected chi connectivity index (χ0v) is 14.8. The first-order valence-corrected chi connectivity index (χ1v) is 9.01. The number of ether oxygens (including phenoxy) is 1. The van der Waals surface area contributed by atoms with Crippen LogP contribution in [0.15, 0.2) is 30.5 Å². The van der Waals surface area contributed by atoms with E-state index in [0.29, 0.717) is 19.4 Å². The lowest BCUT2D eigenvalue weighted by Gasteiger charge is -2.06. The molecule has 0 aliphatic rings. The Hall–Kier alpha value is -2.10. The van der Waals surface area contributed by atoms with Crippen LogP contribution < -0.4 is 0 Å². The van der Waals surface area contributed by atoms with Crippen LogP contribution in [0.1, 0.15) is 57.1 Å². The molecule has 0 aliphatic heterocycles. The van der Waals surface area contributed by atoms with Gasteiger partial charge in [-0.25, -0.2) is 0 Å². The number of hydrogen-bond donors (Lipinski definition) is 1. The average molecular weight is 328 g/mol.